The quantitative estimate of drug-likeness (QED) is 0.617. The second-order valence-corrected chi connectivity index (χ2v) is 3.47. The lowest BCUT2D eigenvalue weighted by molar-refractivity contribution is 0.235. The van der Waals surface area contributed by atoms with Crippen molar-refractivity contribution in [1.82, 2.24) is 10.6 Å². The average Bonchev–Trinajstić information content (AvgIpc) is 2.33. The molecule has 0 saturated carbocycles. The molecule has 0 bridgehead atoms. The minimum atomic E-state index is -0.0273. The maximum atomic E-state index is 10.9. The van der Waals surface area contributed by atoms with Crippen molar-refractivity contribution in [1.29, 1.82) is 0 Å². The first-order valence-corrected chi connectivity index (χ1v) is 4.17. The number of nitrogens with one attached hydrogen (secondary N) is 2. The molecule has 1 fully saturated rings. The zero-order valence-electron chi connectivity index (χ0n) is 7.40. The van der Waals surface area contributed by atoms with Crippen LogP contribution in [0, 0.1) is 5.92 Å². The molecule has 1 aliphatic heterocycles. The van der Waals surface area contributed by atoms with E-state index in [1.807, 2.05) is 0 Å². The van der Waals surface area contributed by atoms with Gasteiger partial charge in [0.2, 0.25) is 0 Å². The van der Waals surface area contributed by atoms with Crippen molar-refractivity contribution in [2.24, 2.45) is 5.92 Å². The van der Waals surface area contributed by atoms with Crippen LogP contribution in [-0.4, -0.2) is 18.1 Å². The first-order valence-electron chi connectivity index (χ1n) is 4.17. The highest BCUT2D eigenvalue weighted by Gasteiger charge is 2.38. The molecule has 3 heteroatoms. The maximum Gasteiger partial charge on any atom is 0.315 e. The van der Waals surface area contributed by atoms with Gasteiger partial charge in [0.05, 0.1) is 5.54 Å². The number of amides is 2. The Morgan fingerprint density at radius 1 is 1.64 bits per heavy atom. The van der Waals surface area contributed by atoms with Gasteiger partial charge in [0.1, 0.15) is 0 Å². The number of hydrogen-bond donors (Lipinski definition) is 2. The summed E-state index contributed by atoms with van der Waals surface area (Å²) < 4.78 is 0. The molecule has 1 atom stereocenters. The predicted octanol–water partition coefficient (Wildman–Crippen LogP) is 1.10. The summed E-state index contributed by atoms with van der Waals surface area (Å²) in [5.74, 6) is 0.492. The van der Waals surface area contributed by atoms with Crippen molar-refractivity contribution in [2.75, 3.05) is 6.54 Å². The highest BCUT2D eigenvalue weighted by atomic mass is 16.2. The van der Waals surface area contributed by atoms with Crippen molar-refractivity contribution in [3.05, 3.63) is 0 Å². The molecule has 2 N–H and O–H groups in total. The molecule has 2 amide bonds. The van der Waals surface area contributed by atoms with E-state index in [0.717, 1.165) is 13.0 Å². The van der Waals surface area contributed by atoms with Gasteiger partial charge in [0.25, 0.3) is 0 Å². The number of carbonyl (C=O) groups is 1. The van der Waals surface area contributed by atoms with Crippen LogP contribution in [0.2, 0.25) is 0 Å². The molecule has 1 unspecified atom stereocenters. The second kappa shape index (κ2) is 2.72. The van der Waals surface area contributed by atoms with E-state index in [0.29, 0.717) is 5.92 Å². The van der Waals surface area contributed by atoms with Gasteiger partial charge in [0.15, 0.2) is 0 Å². The van der Waals surface area contributed by atoms with Crippen LogP contribution < -0.4 is 10.6 Å². The largest absolute Gasteiger partial charge is 0.336 e. The fourth-order valence-electron chi connectivity index (χ4n) is 1.52. The van der Waals surface area contributed by atoms with Gasteiger partial charge in [-0.3, -0.25) is 0 Å². The Morgan fingerprint density at radius 2 is 2.27 bits per heavy atom. The van der Waals surface area contributed by atoms with Gasteiger partial charge < -0.3 is 10.6 Å². The minimum Gasteiger partial charge on any atom is -0.336 e. The third-order valence-electron chi connectivity index (χ3n) is 2.66. The molecule has 0 aromatic heterocycles. The molecular formula is C8H16N2O. The zero-order valence-corrected chi connectivity index (χ0v) is 7.40. The van der Waals surface area contributed by atoms with Crippen LogP contribution in [0.5, 0.6) is 0 Å². The van der Waals surface area contributed by atoms with Gasteiger partial charge in [-0.1, -0.05) is 20.8 Å². The summed E-state index contributed by atoms with van der Waals surface area (Å²) in [6.07, 6.45) is 0.989. The number of urea groups is 1. The fraction of sp³-hybridized carbons (Fsp3) is 0.875. The highest BCUT2D eigenvalue weighted by molar-refractivity contribution is 5.77. The van der Waals surface area contributed by atoms with Crippen LogP contribution >= 0.6 is 0 Å². The summed E-state index contributed by atoms with van der Waals surface area (Å²) >= 11 is 0. The van der Waals surface area contributed by atoms with E-state index in [1.54, 1.807) is 0 Å². The minimum absolute atomic E-state index is 0.00289. The number of carbonyl (C=O) groups excluding carboxylic acids is 1. The Bertz CT molecular complexity index is 167. The summed E-state index contributed by atoms with van der Waals surface area (Å²) in [4.78, 5) is 10.9. The van der Waals surface area contributed by atoms with Crippen molar-refractivity contribution in [3.63, 3.8) is 0 Å². The van der Waals surface area contributed by atoms with Crippen LogP contribution in [0.1, 0.15) is 27.2 Å². The molecular weight excluding hydrogens is 140 g/mol. The zero-order chi connectivity index (χ0) is 8.48. The molecule has 64 valence electrons. The molecule has 0 spiro atoms. The van der Waals surface area contributed by atoms with E-state index in [-0.39, 0.29) is 11.6 Å². The van der Waals surface area contributed by atoms with Crippen LogP contribution in [0.4, 0.5) is 4.79 Å². The molecule has 0 aromatic carbocycles. The summed E-state index contributed by atoms with van der Waals surface area (Å²) in [6, 6.07) is -0.0273. The standard InChI is InChI=1S/C8H16N2O/c1-4-8(6(2)3)5-9-7(11)10-8/h6H,4-5H2,1-3H3,(H2,9,10,11). The average molecular weight is 156 g/mol. The monoisotopic (exact) mass is 156 g/mol. The lowest BCUT2D eigenvalue weighted by Gasteiger charge is -2.30. The van der Waals surface area contributed by atoms with E-state index >= 15 is 0 Å². The molecule has 1 heterocycles. The smallest absolute Gasteiger partial charge is 0.315 e. The maximum absolute atomic E-state index is 10.9. The van der Waals surface area contributed by atoms with E-state index in [1.165, 1.54) is 0 Å². The first kappa shape index (κ1) is 8.37. The van der Waals surface area contributed by atoms with Crippen molar-refractivity contribution >= 4 is 6.03 Å². The molecule has 3 nitrogen and oxygen atoms in total. The molecule has 0 aromatic rings. The third-order valence-corrected chi connectivity index (χ3v) is 2.66. The topological polar surface area (TPSA) is 41.1 Å². The van der Waals surface area contributed by atoms with Crippen molar-refractivity contribution < 1.29 is 4.79 Å². The van der Waals surface area contributed by atoms with Gasteiger partial charge in [-0.05, 0) is 12.3 Å². The van der Waals surface area contributed by atoms with Gasteiger partial charge in [-0.15, -0.1) is 0 Å². The van der Waals surface area contributed by atoms with Crippen molar-refractivity contribution in [2.45, 2.75) is 32.7 Å². The molecule has 0 radical (unpaired) electrons. The Balaban J connectivity index is 2.70. The lowest BCUT2D eigenvalue weighted by Crippen LogP contribution is -2.47. The van der Waals surface area contributed by atoms with Gasteiger partial charge in [-0.25, -0.2) is 4.79 Å². The first-order chi connectivity index (χ1) is 5.10. The summed E-state index contributed by atoms with van der Waals surface area (Å²) in [7, 11) is 0. The Hall–Kier alpha value is -0.730. The normalized spacial score (nSPS) is 30.4. The Morgan fingerprint density at radius 3 is 2.45 bits per heavy atom. The van der Waals surface area contributed by atoms with E-state index < -0.39 is 0 Å². The number of rotatable bonds is 2. The Labute approximate surface area is 67.5 Å². The molecule has 0 aliphatic carbocycles. The summed E-state index contributed by atoms with van der Waals surface area (Å²) in [5, 5.41) is 5.76. The van der Waals surface area contributed by atoms with Crippen molar-refractivity contribution in [3.8, 4) is 0 Å². The second-order valence-electron chi connectivity index (χ2n) is 3.47. The van der Waals surface area contributed by atoms with Gasteiger partial charge >= 0.3 is 6.03 Å². The highest BCUT2D eigenvalue weighted by Crippen LogP contribution is 2.22. The predicted molar refractivity (Wildman–Crippen MR) is 44.4 cm³/mol. The van der Waals surface area contributed by atoms with Crippen LogP contribution in [0.15, 0.2) is 0 Å². The van der Waals surface area contributed by atoms with E-state index in [9.17, 15) is 4.79 Å². The van der Waals surface area contributed by atoms with Gasteiger partial charge in [-0.2, -0.15) is 0 Å². The molecule has 11 heavy (non-hydrogen) atoms. The van der Waals surface area contributed by atoms with E-state index in [2.05, 4.69) is 31.4 Å². The number of hydrogen-bond acceptors (Lipinski definition) is 1. The Kier molecular flexibility index (Phi) is 2.07. The van der Waals surface area contributed by atoms with E-state index in [4.69, 9.17) is 0 Å². The van der Waals surface area contributed by atoms with Crippen LogP contribution in [0.25, 0.3) is 0 Å². The molecule has 1 saturated heterocycles. The third kappa shape index (κ3) is 1.32. The fourth-order valence-corrected chi connectivity index (χ4v) is 1.52. The summed E-state index contributed by atoms with van der Waals surface area (Å²) in [5.41, 5.74) is -0.00289. The summed E-state index contributed by atoms with van der Waals surface area (Å²) in [6.45, 7) is 7.14. The molecule has 1 aliphatic rings. The van der Waals surface area contributed by atoms with Crippen LogP contribution in [0.3, 0.4) is 0 Å². The SMILES string of the molecule is CCC1(C(C)C)CNC(=O)N1. The lowest BCUT2D eigenvalue weighted by atomic mass is 9.85. The van der Waals surface area contributed by atoms with Gasteiger partial charge in [0, 0.05) is 6.54 Å². The van der Waals surface area contributed by atoms with Crippen LogP contribution in [-0.2, 0) is 0 Å². The molecule has 1 rings (SSSR count).